The molecule has 1 amide bonds. The zero-order chi connectivity index (χ0) is 15.2. The van der Waals surface area contributed by atoms with Crippen LogP contribution in [-0.2, 0) is 11.2 Å². The van der Waals surface area contributed by atoms with Crippen LogP contribution in [-0.4, -0.2) is 10.9 Å². The highest BCUT2D eigenvalue weighted by Crippen LogP contribution is 2.19. The first-order valence-electron chi connectivity index (χ1n) is 7.36. The molecule has 110 valence electrons. The number of anilines is 1. The number of hydrogen-bond acceptors (Lipinski definition) is 2. The van der Waals surface area contributed by atoms with Crippen molar-refractivity contribution in [3.63, 3.8) is 0 Å². The van der Waals surface area contributed by atoms with Gasteiger partial charge in [-0.3, -0.25) is 9.78 Å². The second-order valence-electron chi connectivity index (χ2n) is 5.79. The third-order valence-electron chi connectivity index (χ3n) is 3.45. The summed E-state index contributed by atoms with van der Waals surface area (Å²) >= 11 is 0. The van der Waals surface area contributed by atoms with Crippen molar-refractivity contribution in [2.45, 2.75) is 33.1 Å². The van der Waals surface area contributed by atoms with Crippen LogP contribution in [0.5, 0.6) is 0 Å². The van der Waals surface area contributed by atoms with Gasteiger partial charge in [0.1, 0.15) is 0 Å². The number of amides is 1. The van der Waals surface area contributed by atoms with Crippen LogP contribution in [0, 0.1) is 5.92 Å². The van der Waals surface area contributed by atoms with Crippen molar-refractivity contribution in [2.75, 3.05) is 5.32 Å². The lowest BCUT2D eigenvalue weighted by Gasteiger charge is -2.13. The molecule has 0 aliphatic heterocycles. The highest BCUT2D eigenvalue weighted by molar-refractivity contribution is 5.95. The van der Waals surface area contributed by atoms with E-state index in [0.717, 1.165) is 17.7 Å². The molecule has 3 heteroatoms. The number of nitrogens with one attached hydrogen (secondary N) is 1. The van der Waals surface area contributed by atoms with E-state index in [1.807, 2.05) is 25.1 Å². The molecule has 1 atom stereocenters. The van der Waals surface area contributed by atoms with Gasteiger partial charge >= 0.3 is 0 Å². The standard InChI is InChI=1S/C18H22N2O/c1-13(2)11-15-6-8-16(9-7-15)14(3)18(21)20-17-5-4-10-19-12-17/h4-10,12-14H,11H2,1-3H3,(H,20,21)/t14-/m1/s1. The molecule has 0 radical (unpaired) electrons. The molecule has 3 nitrogen and oxygen atoms in total. The zero-order valence-corrected chi connectivity index (χ0v) is 12.8. The van der Waals surface area contributed by atoms with Gasteiger partial charge in [0.2, 0.25) is 5.91 Å². The molecule has 0 saturated heterocycles. The summed E-state index contributed by atoms with van der Waals surface area (Å²) in [5.74, 6) is 0.445. The third kappa shape index (κ3) is 4.42. The Kier molecular flexibility index (Phi) is 5.09. The minimum Gasteiger partial charge on any atom is -0.324 e. The summed E-state index contributed by atoms with van der Waals surface area (Å²) in [5, 5.41) is 2.89. The molecule has 0 saturated carbocycles. The maximum Gasteiger partial charge on any atom is 0.231 e. The Morgan fingerprint density at radius 2 is 1.86 bits per heavy atom. The van der Waals surface area contributed by atoms with Gasteiger partial charge in [0.15, 0.2) is 0 Å². The second-order valence-corrected chi connectivity index (χ2v) is 5.79. The molecule has 0 unspecified atom stereocenters. The predicted octanol–water partition coefficient (Wildman–Crippen LogP) is 4.02. The van der Waals surface area contributed by atoms with Crippen LogP contribution >= 0.6 is 0 Å². The van der Waals surface area contributed by atoms with Crippen molar-refractivity contribution >= 4 is 11.6 Å². The smallest absolute Gasteiger partial charge is 0.231 e. The van der Waals surface area contributed by atoms with E-state index in [1.165, 1.54) is 5.56 Å². The summed E-state index contributed by atoms with van der Waals surface area (Å²) in [6.45, 7) is 6.33. The summed E-state index contributed by atoms with van der Waals surface area (Å²) in [4.78, 5) is 16.2. The van der Waals surface area contributed by atoms with Gasteiger partial charge in [0.25, 0.3) is 0 Å². The third-order valence-corrected chi connectivity index (χ3v) is 3.45. The Hall–Kier alpha value is -2.16. The minimum atomic E-state index is -0.182. The van der Waals surface area contributed by atoms with Crippen molar-refractivity contribution in [1.82, 2.24) is 4.98 Å². The first-order valence-corrected chi connectivity index (χ1v) is 7.36. The lowest BCUT2D eigenvalue weighted by atomic mass is 9.96. The predicted molar refractivity (Wildman–Crippen MR) is 86.3 cm³/mol. The zero-order valence-electron chi connectivity index (χ0n) is 12.8. The number of carbonyl (C=O) groups excluding carboxylic acids is 1. The number of carbonyl (C=O) groups is 1. The molecule has 0 aliphatic rings. The summed E-state index contributed by atoms with van der Waals surface area (Å²) < 4.78 is 0. The van der Waals surface area contributed by atoms with Gasteiger partial charge < -0.3 is 5.32 Å². The van der Waals surface area contributed by atoms with E-state index in [0.29, 0.717) is 5.92 Å². The second kappa shape index (κ2) is 7.02. The lowest BCUT2D eigenvalue weighted by Crippen LogP contribution is -2.18. The molecule has 1 N–H and O–H groups in total. The highest BCUT2D eigenvalue weighted by atomic mass is 16.1. The quantitative estimate of drug-likeness (QED) is 0.900. The Balaban J connectivity index is 2.02. The van der Waals surface area contributed by atoms with E-state index in [2.05, 4.69) is 36.3 Å². The molecule has 2 rings (SSSR count). The first-order chi connectivity index (χ1) is 10.1. The van der Waals surface area contributed by atoms with Gasteiger partial charge in [0.05, 0.1) is 17.8 Å². The van der Waals surface area contributed by atoms with Crippen LogP contribution in [0.1, 0.15) is 37.8 Å². The monoisotopic (exact) mass is 282 g/mol. The number of hydrogen-bond donors (Lipinski definition) is 1. The molecule has 1 aromatic heterocycles. The van der Waals surface area contributed by atoms with Gasteiger partial charge in [-0.2, -0.15) is 0 Å². The topological polar surface area (TPSA) is 42.0 Å². The average molecular weight is 282 g/mol. The number of aromatic nitrogens is 1. The minimum absolute atomic E-state index is 0.0143. The maximum atomic E-state index is 12.2. The van der Waals surface area contributed by atoms with Crippen LogP contribution in [0.4, 0.5) is 5.69 Å². The van der Waals surface area contributed by atoms with Crippen LogP contribution in [0.3, 0.4) is 0 Å². The summed E-state index contributed by atoms with van der Waals surface area (Å²) in [7, 11) is 0. The Bertz CT molecular complexity index is 576. The summed E-state index contributed by atoms with van der Waals surface area (Å²) in [6, 6.07) is 12.0. The van der Waals surface area contributed by atoms with E-state index < -0.39 is 0 Å². The van der Waals surface area contributed by atoms with E-state index >= 15 is 0 Å². The van der Waals surface area contributed by atoms with Crippen molar-refractivity contribution < 1.29 is 4.79 Å². The SMILES string of the molecule is CC(C)Cc1ccc([C@@H](C)C(=O)Nc2cccnc2)cc1. The van der Waals surface area contributed by atoms with E-state index in [4.69, 9.17) is 0 Å². The Labute approximate surface area is 126 Å². The summed E-state index contributed by atoms with van der Waals surface area (Å²) in [6.07, 6.45) is 4.40. The molecule has 1 aromatic carbocycles. The fourth-order valence-corrected chi connectivity index (χ4v) is 2.25. The normalized spacial score (nSPS) is 12.2. The first kappa shape index (κ1) is 15.2. The van der Waals surface area contributed by atoms with Crippen molar-refractivity contribution in [3.8, 4) is 0 Å². The van der Waals surface area contributed by atoms with Crippen LogP contribution in [0.25, 0.3) is 0 Å². The number of nitrogens with zero attached hydrogens (tertiary/aromatic N) is 1. The van der Waals surface area contributed by atoms with Gasteiger partial charge in [-0.1, -0.05) is 38.1 Å². The molecule has 0 bridgehead atoms. The Morgan fingerprint density at radius 1 is 1.14 bits per heavy atom. The number of rotatable bonds is 5. The molecule has 0 aliphatic carbocycles. The van der Waals surface area contributed by atoms with Crippen molar-refractivity contribution in [1.29, 1.82) is 0 Å². The van der Waals surface area contributed by atoms with E-state index in [9.17, 15) is 4.79 Å². The number of pyridine rings is 1. The van der Waals surface area contributed by atoms with Gasteiger partial charge in [0, 0.05) is 6.20 Å². The van der Waals surface area contributed by atoms with E-state index in [-0.39, 0.29) is 11.8 Å². The summed E-state index contributed by atoms with van der Waals surface area (Å²) in [5.41, 5.74) is 3.07. The molecule has 21 heavy (non-hydrogen) atoms. The largest absolute Gasteiger partial charge is 0.324 e. The van der Waals surface area contributed by atoms with Crippen LogP contribution in [0.2, 0.25) is 0 Å². The van der Waals surface area contributed by atoms with E-state index in [1.54, 1.807) is 18.5 Å². The average Bonchev–Trinajstić information content (AvgIpc) is 2.47. The highest BCUT2D eigenvalue weighted by Gasteiger charge is 2.15. The molecule has 0 spiro atoms. The van der Waals surface area contributed by atoms with Crippen molar-refractivity contribution in [3.05, 3.63) is 59.9 Å². The van der Waals surface area contributed by atoms with Crippen LogP contribution in [0.15, 0.2) is 48.8 Å². The lowest BCUT2D eigenvalue weighted by molar-refractivity contribution is -0.117. The van der Waals surface area contributed by atoms with Gasteiger partial charge in [-0.15, -0.1) is 0 Å². The molecule has 2 aromatic rings. The fourth-order valence-electron chi connectivity index (χ4n) is 2.25. The molecule has 0 fully saturated rings. The van der Waals surface area contributed by atoms with Crippen LogP contribution < -0.4 is 5.32 Å². The number of benzene rings is 1. The Morgan fingerprint density at radius 3 is 2.43 bits per heavy atom. The van der Waals surface area contributed by atoms with Gasteiger partial charge in [-0.05, 0) is 42.5 Å². The molecular formula is C18H22N2O. The molecule has 1 heterocycles. The van der Waals surface area contributed by atoms with Gasteiger partial charge in [-0.25, -0.2) is 0 Å². The van der Waals surface area contributed by atoms with Crippen molar-refractivity contribution in [2.24, 2.45) is 5.92 Å². The molecular weight excluding hydrogens is 260 g/mol. The maximum absolute atomic E-state index is 12.2. The fraction of sp³-hybridized carbons (Fsp3) is 0.333.